The predicted octanol–water partition coefficient (Wildman–Crippen LogP) is 2.98. The van der Waals surface area contributed by atoms with E-state index < -0.39 is 95.4 Å². The van der Waals surface area contributed by atoms with Gasteiger partial charge in [0.2, 0.25) is 35.4 Å². The van der Waals surface area contributed by atoms with Crippen molar-refractivity contribution in [3.63, 3.8) is 0 Å². The lowest BCUT2D eigenvalue weighted by Gasteiger charge is -2.57. The molecule has 8 aliphatic heterocycles. The van der Waals surface area contributed by atoms with E-state index in [1.165, 1.54) is 66.1 Å². The molecule has 0 spiro atoms. The molecule has 68 heavy (non-hydrogen) atoms. The van der Waals surface area contributed by atoms with Gasteiger partial charge in [0.1, 0.15) is 0 Å². The van der Waals surface area contributed by atoms with Gasteiger partial charge in [0.15, 0.2) is 0 Å². The number of fused-ring (bicyclic) bond motifs is 7. The van der Waals surface area contributed by atoms with Crippen LogP contribution in [0.2, 0.25) is 0 Å². The Balaban J connectivity index is 0.000000149. The molecule has 18 nitrogen and oxygen atoms in total. The number of hydrogen-bond acceptors (Lipinski definition) is 12. The van der Waals surface area contributed by atoms with Crippen LogP contribution < -0.4 is 0 Å². The van der Waals surface area contributed by atoms with Crippen LogP contribution in [0.5, 0.6) is 0 Å². The molecule has 0 radical (unpaired) electrons. The number of nitrogens with zero attached hydrogens (tertiary/aromatic N) is 6. The van der Waals surface area contributed by atoms with E-state index >= 15 is 0 Å². The van der Waals surface area contributed by atoms with Crippen molar-refractivity contribution in [3.8, 4) is 0 Å². The molecular formula is C50H62N6O12. The lowest BCUT2D eigenvalue weighted by molar-refractivity contribution is -0.174. The molecule has 7 atom stereocenters. The second-order valence-electron chi connectivity index (χ2n) is 20.9. The van der Waals surface area contributed by atoms with Crippen molar-refractivity contribution in [2.45, 2.75) is 161 Å². The zero-order chi connectivity index (χ0) is 49.0. The Labute approximate surface area is 395 Å². The Morgan fingerprint density at radius 2 is 0.559 bits per heavy atom. The molecule has 9 fully saturated rings. The second-order valence-corrected chi connectivity index (χ2v) is 20.9. The molecule has 0 N–H and O–H groups in total. The van der Waals surface area contributed by atoms with Gasteiger partial charge in [-0.05, 0) is 31.1 Å². The highest BCUT2D eigenvalue weighted by Crippen LogP contribution is 2.50. The quantitative estimate of drug-likeness (QED) is 0.373. The molecule has 8 heterocycles. The minimum atomic E-state index is -0.986. The van der Waals surface area contributed by atoms with Crippen molar-refractivity contribution < 1.29 is 57.5 Å². The topological polar surface area (TPSA) is 224 Å². The van der Waals surface area contributed by atoms with Gasteiger partial charge in [0, 0.05) is 85.3 Å². The lowest BCUT2D eigenvalue weighted by atomic mass is 9.68. The first-order valence-corrected chi connectivity index (χ1v) is 24.6. The van der Waals surface area contributed by atoms with Gasteiger partial charge in [-0.2, -0.15) is 0 Å². The molecule has 0 aromatic carbocycles. The lowest BCUT2D eigenvalue weighted by Crippen LogP contribution is -2.77. The molecule has 0 aromatic heterocycles. The van der Waals surface area contributed by atoms with Gasteiger partial charge in [-0.25, -0.2) is 0 Å². The first kappa shape index (κ1) is 48.5. The number of hydrogen-bond donors (Lipinski definition) is 0. The summed E-state index contributed by atoms with van der Waals surface area (Å²) in [5, 5.41) is 0. The smallest absolute Gasteiger partial charge is 0.254 e. The minimum Gasteiger partial charge on any atom is -0.277 e. The number of carbonyl (C=O) groups is 12. The van der Waals surface area contributed by atoms with Crippen LogP contribution in [0.1, 0.15) is 125 Å². The molecular weight excluding hydrogens is 877 g/mol. The largest absolute Gasteiger partial charge is 0.277 e. The first-order chi connectivity index (χ1) is 32.3. The van der Waals surface area contributed by atoms with E-state index in [2.05, 4.69) is 20.8 Å². The monoisotopic (exact) mass is 938 g/mol. The van der Waals surface area contributed by atoms with Gasteiger partial charge in [-0.3, -0.25) is 86.9 Å². The maximum atomic E-state index is 13.3. The van der Waals surface area contributed by atoms with E-state index in [0.29, 0.717) is 19.3 Å². The van der Waals surface area contributed by atoms with Crippen molar-refractivity contribution in [3.05, 3.63) is 36.5 Å². The van der Waals surface area contributed by atoms with Crippen LogP contribution in [0.4, 0.5) is 0 Å². The Bertz CT molecular complexity index is 2140. The van der Waals surface area contributed by atoms with E-state index in [1.807, 2.05) is 0 Å². The molecule has 18 heteroatoms. The van der Waals surface area contributed by atoms with Crippen molar-refractivity contribution in [1.82, 2.24) is 29.4 Å². The highest BCUT2D eigenvalue weighted by molar-refractivity contribution is 6.17. The van der Waals surface area contributed by atoms with Crippen LogP contribution in [-0.4, -0.2) is 137 Å². The zero-order valence-electron chi connectivity index (χ0n) is 39.5. The van der Waals surface area contributed by atoms with Crippen LogP contribution in [0.15, 0.2) is 36.5 Å². The third-order valence-corrected chi connectivity index (χ3v) is 15.6. The number of carbonyl (C=O) groups excluding carboxylic acids is 12. The van der Waals surface area contributed by atoms with E-state index in [-0.39, 0.29) is 66.5 Å². The Hall–Kier alpha value is -5.94. The third kappa shape index (κ3) is 8.49. The van der Waals surface area contributed by atoms with Crippen molar-refractivity contribution >= 4 is 70.9 Å². The zero-order valence-corrected chi connectivity index (χ0v) is 39.5. The van der Waals surface area contributed by atoms with Gasteiger partial charge >= 0.3 is 0 Å². The summed E-state index contributed by atoms with van der Waals surface area (Å²) in [5.74, 6) is -6.65. The summed E-state index contributed by atoms with van der Waals surface area (Å²) in [6.07, 6.45) is 20.2. The molecule has 8 bridgehead atoms. The summed E-state index contributed by atoms with van der Waals surface area (Å²) in [6.45, 7) is 9.96. The van der Waals surface area contributed by atoms with Gasteiger partial charge < -0.3 is 0 Å². The summed E-state index contributed by atoms with van der Waals surface area (Å²) in [4.78, 5) is 158. The van der Waals surface area contributed by atoms with Crippen molar-refractivity contribution in [1.29, 1.82) is 0 Å². The predicted molar refractivity (Wildman–Crippen MR) is 239 cm³/mol. The number of rotatable bonds is 3. The molecule has 12 amide bonds. The van der Waals surface area contributed by atoms with E-state index in [9.17, 15) is 57.5 Å². The molecule has 0 aromatic rings. The summed E-state index contributed by atoms with van der Waals surface area (Å²) >= 11 is 0. The van der Waals surface area contributed by atoms with Gasteiger partial charge in [0.05, 0.1) is 36.3 Å². The van der Waals surface area contributed by atoms with Crippen LogP contribution in [-0.2, 0) is 57.5 Å². The highest BCUT2D eigenvalue weighted by atomic mass is 16.2. The summed E-state index contributed by atoms with van der Waals surface area (Å²) in [6, 6.07) is -4.81. The summed E-state index contributed by atoms with van der Waals surface area (Å²) in [5.41, 5.74) is 0. The minimum absolute atomic E-state index is 0.124. The number of amides is 12. The fourth-order valence-corrected chi connectivity index (χ4v) is 11.7. The molecule has 12 rings (SSSR count). The third-order valence-electron chi connectivity index (χ3n) is 15.6. The van der Waals surface area contributed by atoms with Crippen LogP contribution in [0.3, 0.4) is 0 Å². The van der Waals surface area contributed by atoms with E-state index in [1.54, 1.807) is 13.8 Å². The molecule has 5 saturated heterocycles. The molecule has 12 aliphatic rings. The SMILES string of the molecule is C1CCC1.C1CCC1.CC(C)C.CC1C(N2C(=O)C=CC2=O)C(N2C(=O)C=CC2=O)C1N1C(=O)C=CC1=O.CC1C2C3C1N1C(=O)CC(CC(CC4CC(=O)N2C4=O)CC2CC(=O)N3C2=O)C1=O. The Morgan fingerprint density at radius 3 is 0.809 bits per heavy atom. The maximum absolute atomic E-state index is 13.3. The van der Waals surface area contributed by atoms with Crippen molar-refractivity contribution in [2.24, 2.45) is 41.4 Å². The Kier molecular flexibility index (Phi) is 13.7. The van der Waals surface area contributed by atoms with Crippen molar-refractivity contribution in [2.75, 3.05) is 0 Å². The van der Waals surface area contributed by atoms with Crippen LogP contribution in [0, 0.1) is 41.4 Å². The van der Waals surface area contributed by atoms with Crippen LogP contribution >= 0.6 is 0 Å². The molecule has 4 saturated carbocycles. The Morgan fingerprint density at radius 1 is 0.353 bits per heavy atom. The van der Waals surface area contributed by atoms with Gasteiger partial charge in [-0.15, -0.1) is 0 Å². The average molecular weight is 939 g/mol. The van der Waals surface area contributed by atoms with E-state index in [4.69, 9.17) is 0 Å². The fourth-order valence-electron chi connectivity index (χ4n) is 11.7. The molecule has 7 unspecified atom stereocenters. The first-order valence-electron chi connectivity index (χ1n) is 24.6. The second kappa shape index (κ2) is 19.2. The average Bonchev–Trinajstić information content (AvgIpc) is 4.02. The van der Waals surface area contributed by atoms with Gasteiger partial charge in [0.25, 0.3) is 35.4 Å². The molecule has 364 valence electrons. The number of imide groups is 6. The normalized spacial score (nSPS) is 35.9. The summed E-state index contributed by atoms with van der Waals surface area (Å²) < 4.78 is 0. The fraction of sp³-hybridized carbons (Fsp3) is 0.640. The van der Waals surface area contributed by atoms with Gasteiger partial charge in [-0.1, -0.05) is 86.0 Å². The highest BCUT2D eigenvalue weighted by Gasteiger charge is 2.67. The van der Waals surface area contributed by atoms with Crippen LogP contribution in [0.25, 0.3) is 0 Å². The molecule has 4 aliphatic carbocycles. The summed E-state index contributed by atoms with van der Waals surface area (Å²) in [7, 11) is 0. The van der Waals surface area contributed by atoms with E-state index in [0.717, 1.165) is 57.1 Å². The maximum Gasteiger partial charge on any atom is 0.254 e. The standard InChI is InChI=1S/C21H23N3O6.C17H13N3O6.2C4H8.C4H10/c1-8-16-18-17(8)23-14(26)6-11(20(23)29)3-9(2-10-5-13(25)22(16)19(10)28)4-12-7-15(27)24(18)21(12)30;1-8-15(18-9(21)2-3-10(18)22)17(20-13(25)6-7-14(20)26)16(8)19-11(23)4-5-12(19)24;2*1-2-4-3-1;1-4(2)3/h8-12,16-18H,2-7H2,1H3;2-8,15-17H,1H3;2*1-4H2;4H,1-3H3.